The van der Waals surface area contributed by atoms with Crippen LogP contribution in [0.4, 0.5) is 0 Å². The van der Waals surface area contributed by atoms with Crippen LogP contribution in [0.25, 0.3) is 0 Å². The van der Waals surface area contributed by atoms with Gasteiger partial charge in [0.15, 0.2) is 0 Å². The number of fused-ring (bicyclic) bond motifs is 5. The van der Waals surface area contributed by atoms with Gasteiger partial charge < -0.3 is 0 Å². The van der Waals surface area contributed by atoms with Crippen molar-refractivity contribution in [1.82, 2.24) is 10.2 Å². The lowest BCUT2D eigenvalue weighted by atomic mass is 9.80. The summed E-state index contributed by atoms with van der Waals surface area (Å²) in [4.78, 5) is 0. The molecular formula is C15H22N2. The molecule has 2 heteroatoms. The molecule has 1 heterocycles. The number of hydrogen-bond acceptors (Lipinski definition) is 2. The fraction of sp³-hybridized carbons (Fsp3) is 0.733. The van der Waals surface area contributed by atoms with Gasteiger partial charge in [-0.1, -0.05) is 34.6 Å². The highest BCUT2D eigenvalue weighted by Gasteiger charge is 2.52. The fourth-order valence-electron chi connectivity index (χ4n) is 3.70. The van der Waals surface area contributed by atoms with E-state index in [1.54, 1.807) is 0 Å². The van der Waals surface area contributed by atoms with Crippen LogP contribution < -0.4 is 0 Å². The highest BCUT2D eigenvalue weighted by Crippen LogP contribution is 2.63. The minimum absolute atomic E-state index is 0.105. The Bertz CT molecular complexity index is 468. The molecule has 92 valence electrons. The standard InChI is InChI=1S/C15H22N2/c1-14(2,3)12-8-9-10-6-7-11(15(10,4)5)13(9)17-16-12/h8,10-11H,6-7H2,1-5H3/t10-,11+/m1/s1. The second kappa shape index (κ2) is 3.09. The lowest BCUT2D eigenvalue weighted by Gasteiger charge is -2.23. The van der Waals surface area contributed by atoms with E-state index in [9.17, 15) is 0 Å². The molecule has 0 amide bonds. The third kappa shape index (κ3) is 1.39. The predicted octanol–water partition coefficient (Wildman–Crippen LogP) is 3.77. The zero-order valence-electron chi connectivity index (χ0n) is 11.5. The first-order valence-corrected chi connectivity index (χ1v) is 6.70. The van der Waals surface area contributed by atoms with Crippen LogP contribution in [0.2, 0.25) is 0 Å². The zero-order valence-corrected chi connectivity index (χ0v) is 11.5. The van der Waals surface area contributed by atoms with Crippen LogP contribution in [0.3, 0.4) is 0 Å². The average molecular weight is 230 g/mol. The Kier molecular flexibility index (Phi) is 2.04. The number of rotatable bonds is 0. The first kappa shape index (κ1) is 11.2. The van der Waals surface area contributed by atoms with Crippen molar-refractivity contribution in [1.29, 1.82) is 0 Å². The monoisotopic (exact) mass is 230 g/mol. The van der Waals surface area contributed by atoms with Gasteiger partial charge >= 0.3 is 0 Å². The quantitative estimate of drug-likeness (QED) is 0.678. The van der Waals surface area contributed by atoms with Crippen LogP contribution >= 0.6 is 0 Å². The summed E-state index contributed by atoms with van der Waals surface area (Å²) in [5, 5.41) is 9.01. The maximum Gasteiger partial charge on any atom is 0.0702 e. The normalized spacial score (nSPS) is 29.5. The molecule has 0 aromatic carbocycles. The first-order chi connectivity index (χ1) is 7.82. The van der Waals surface area contributed by atoms with E-state index >= 15 is 0 Å². The summed E-state index contributed by atoms with van der Waals surface area (Å²) in [5.74, 6) is 1.35. The Balaban J connectivity index is 2.12. The second-order valence-electron chi connectivity index (χ2n) is 7.32. The summed E-state index contributed by atoms with van der Waals surface area (Å²) >= 11 is 0. The summed E-state index contributed by atoms with van der Waals surface area (Å²) in [6, 6.07) is 2.33. The molecule has 0 aliphatic heterocycles. The van der Waals surface area contributed by atoms with E-state index in [0.717, 1.165) is 5.69 Å². The predicted molar refractivity (Wildman–Crippen MR) is 69.2 cm³/mol. The van der Waals surface area contributed by atoms with Gasteiger partial charge in [0.25, 0.3) is 0 Å². The van der Waals surface area contributed by atoms with Crippen molar-refractivity contribution in [3.05, 3.63) is 23.0 Å². The lowest BCUT2D eigenvalue weighted by molar-refractivity contribution is 0.323. The first-order valence-electron chi connectivity index (χ1n) is 6.70. The molecule has 1 fully saturated rings. The molecule has 2 nitrogen and oxygen atoms in total. The molecular weight excluding hydrogens is 208 g/mol. The van der Waals surface area contributed by atoms with Gasteiger partial charge in [0.05, 0.1) is 11.4 Å². The van der Waals surface area contributed by atoms with Crippen molar-refractivity contribution in [2.45, 2.75) is 64.7 Å². The lowest BCUT2D eigenvalue weighted by Crippen LogP contribution is -2.16. The summed E-state index contributed by atoms with van der Waals surface area (Å²) in [6.07, 6.45) is 2.63. The molecule has 0 saturated heterocycles. The molecule has 1 aromatic heterocycles. The van der Waals surface area contributed by atoms with E-state index in [-0.39, 0.29) is 5.41 Å². The van der Waals surface area contributed by atoms with E-state index in [1.165, 1.54) is 24.1 Å². The third-order valence-electron chi connectivity index (χ3n) is 4.87. The summed E-state index contributed by atoms with van der Waals surface area (Å²) in [7, 11) is 0. The second-order valence-corrected chi connectivity index (χ2v) is 7.32. The van der Waals surface area contributed by atoms with Gasteiger partial charge in [-0.15, -0.1) is 0 Å². The highest BCUT2D eigenvalue weighted by atomic mass is 15.1. The van der Waals surface area contributed by atoms with Crippen molar-refractivity contribution < 1.29 is 0 Å². The SMILES string of the molecule is CC(C)(C)c1cc2c(nn1)[C@@H]1CC[C@H]2C1(C)C. The minimum Gasteiger partial charge on any atom is -0.155 e. The van der Waals surface area contributed by atoms with Crippen molar-refractivity contribution >= 4 is 0 Å². The van der Waals surface area contributed by atoms with Gasteiger partial charge in [-0.2, -0.15) is 10.2 Å². The molecule has 1 saturated carbocycles. The van der Waals surface area contributed by atoms with E-state index in [1.807, 2.05) is 0 Å². The van der Waals surface area contributed by atoms with Gasteiger partial charge in [-0.25, -0.2) is 0 Å². The van der Waals surface area contributed by atoms with Gasteiger partial charge in [-0.05, 0) is 35.8 Å². The Morgan fingerprint density at radius 2 is 1.76 bits per heavy atom. The van der Waals surface area contributed by atoms with Crippen LogP contribution in [0.5, 0.6) is 0 Å². The molecule has 2 atom stereocenters. The smallest absolute Gasteiger partial charge is 0.0702 e. The van der Waals surface area contributed by atoms with Gasteiger partial charge in [0.2, 0.25) is 0 Å². The van der Waals surface area contributed by atoms with Crippen LogP contribution in [-0.4, -0.2) is 10.2 Å². The van der Waals surface area contributed by atoms with Crippen LogP contribution in [0, 0.1) is 5.41 Å². The molecule has 1 aromatic rings. The third-order valence-corrected chi connectivity index (χ3v) is 4.87. The summed E-state index contributed by atoms with van der Waals surface area (Å²) in [5.41, 5.74) is 4.42. The maximum atomic E-state index is 4.55. The molecule has 0 radical (unpaired) electrons. The molecule has 3 rings (SSSR count). The van der Waals surface area contributed by atoms with Crippen LogP contribution in [-0.2, 0) is 5.41 Å². The van der Waals surface area contributed by atoms with Gasteiger partial charge in [0, 0.05) is 11.3 Å². The van der Waals surface area contributed by atoms with E-state index < -0.39 is 0 Å². The molecule has 2 aliphatic rings. The van der Waals surface area contributed by atoms with Crippen molar-refractivity contribution in [2.75, 3.05) is 0 Å². The Morgan fingerprint density at radius 3 is 2.41 bits per heavy atom. The number of nitrogens with zero attached hydrogens (tertiary/aromatic N) is 2. The molecule has 0 spiro atoms. The minimum atomic E-state index is 0.105. The van der Waals surface area contributed by atoms with E-state index in [0.29, 0.717) is 17.3 Å². The maximum absolute atomic E-state index is 4.55. The largest absolute Gasteiger partial charge is 0.155 e. The average Bonchev–Trinajstić information content (AvgIpc) is 2.64. The van der Waals surface area contributed by atoms with E-state index in [2.05, 4.69) is 50.9 Å². The summed E-state index contributed by atoms with van der Waals surface area (Å²) in [6.45, 7) is 11.4. The van der Waals surface area contributed by atoms with Gasteiger partial charge in [0.1, 0.15) is 0 Å². The zero-order chi connectivity index (χ0) is 12.4. The molecule has 2 aliphatic carbocycles. The number of hydrogen-bond donors (Lipinski definition) is 0. The molecule has 0 unspecified atom stereocenters. The summed E-state index contributed by atoms with van der Waals surface area (Å²) < 4.78 is 0. The molecule has 17 heavy (non-hydrogen) atoms. The van der Waals surface area contributed by atoms with Crippen molar-refractivity contribution in [3.63, 3.8) is 0 Å². The van der Waals surface area contributed by atoms with Gasteiger partial charge in [-0.3, -0.25) is 0 Å². The van der Waals surface area contributed by atoms with E-state index in [4.69, 9.17) is 0 Å². The highest BCUT2D eigenvalue weighted by molar-refractivity contribution is 5.41. The Morgan fingerprint density at radius 1 is 1.12 bits per heavy atom. The Labute approximate surface area is 104 Å². The van der Waals surface area contributed by atoms with Crippen molar-refractivity contribution in [3.8, 4) is 0 Å². The number of aromatic nitrogens is 2. The topological polar surface area (TPSA) is 25.8 Å². The van der Waals surface area contributed by atoms with Crippen LogP contribution in [0.15, 0.2) is 6.07 Å². The van der Waals surface area contributed by atoms with Crippen molar-refractivity contribution in [2.24, 2.45) is 5.41 Å². The molecule has 0 N–H and O–H groups in total. The Hall–Kier alpha value is -0.920. The fourth-order valence-corrected chi connectivity index (χ4v) is 3.70. The van der Waals surface area contributed by atoms with Crippen LogP contribution in [0.1, 0.15) is 76.2 Å². The molecule has 2 bridgehead atoms.